The quantitative estimate of drug-likeness (QED) is 0.901. The molecule has 2 N–H and O–H groups in total. The molecule has 0 aromatic heterocycles. The first kappa shape index (κ1) is 13.4. The van der Waals surface area contributed by atoms with Crippen LogP contribution in [0.15, 0.2) is 22.7 Å². The molecule has 0 atom stereocenters. The number of hydrogen-bond donors (Lipinski definition) is 2. The molecule has 0 radical (unpaired) electrons. The maximum absolute atomic E-state index is 9.10. The van der Waals surface area contributed by atoms with E-state index < -0.39 is 0 Å². The standard InChI is InChI=1S/C14H18BrN3/c1-17-12-4-6-13(7-5-12)18-14-8-11(15)3-2-10(14)9-16/h2-3,8,12-13,17-18H,4-7H2,1H3. The molecular weight excluding hydrogens is 290 g/mol. The van der Waals surface area contributed by atoms with Crippen molar-refractivity contribution in [2.45, 2.75) is 37.8 Å². The van der Waals surface area contributed by atoms with Gasteiger partial charge in [0.2, 0.25) is 0 Å². The summed E-state index contributed by atoms with van der Waals surface area (Å²) in [6, 6.07) is 9.12. The second kappa shape index (κ2) is 6.21. The van der Waals surface area contributed by atoms with E-state index in [-0.39, 0.29) is 0 Å². The maximum Gasteiger partial charge on any atom is 0.101 e. The number of anilines is 1. The summed E-state index contributed by atoms with van der Waals surface area (Å²) in [5.74, 6) is 0. The molecule has 1 aromatic rings. The molecule has 1 aliphatic rings. The third kappa shape index (κ3) is 3.24. The molecule has 1 aliphatic carbocycles. The van der Waals surface area contributed by atoms with Gasteiger partial charge in [0.1, 0.15) is 6.07 Å². The second-order valence-electron chi connectivity index (χ2n) is 4.78. The Balaban J connectivity index is 2.02. The summed E-state index contributed by atoms with van der Waals surface area (Å²) in [4.78, 5) is 0. The average molecular weight is 308 g/mol. The Morgan fingerprint density at radius 1 is 1.22 bits per heavy atom. The van der Waals surface area contributed by atoms with Crippen LogP contribution in [0.3, 0.4) is 0 Å². The lowest BCUT2D eigenvalue weighted by Gasteiger charge is -2.29. The monoisotopic (exact) mass is 307 g/mol. The number of nitrogens with zero attached hydrogens (tertiary/aromatic N) is 1. The van der Waals surface area contributed by atoms with E-state index >= 15 is 0 Å². The largest absolute Gasteiger partial charge is 0.381 e. The van der Waals surface area contributed by atoms with Gasteiger partial charge in [0.15, 0.2) is 0 Å². The highest BCUT2D eigenvalue weighted by Gasteiger charge is 2.20. The van der Waals surface area contributed by atoms with Crippen LogP contribution in [0.1, 0.15) is 31.2 Å². The van der Waals surface area contributed by atoms with Gasteiger partial charge in [-0.2, -0.15) is 5.26 Å². The van der Waals surface area contributed by atoms with Crippen molar-refractivity contribution in [1.29, 1.82) is 5.26 Å². The lowest BCUT2D eigenvalue weighted by Crippen LogP contribution is -2.35. The molecule has 0 heterocycles. The van der Waals surface area contributed by atoms with E-state index in [0.29, 0.717) is 17.6 Å². The molecule has 0 aliphatic heterocycles. The molecule has 0 bridgehead atoms. The highest BCUT2D eigenvalue weighted by Crippen LogP contribution is 2.26. The zero-order valence-electron chi connectivity index (χ0n) is 10.5. The first-order valence-corrected chi connectivity index (χ1v) is 7.15. The number of hydrogen-bond acceptors (Lipinski definition) is 3. The topological polar surface area (TPSA) is 47.8 Å². The number of nitrogens with one attached hydrogen (secondary N) is 2. The Hall–Kier alpha value is -1.05. The zero-order chi connectivity index (χ0) is 13.0. The van der Waals surface area contributed by atoms with Crippen LogP contribution in [0.25, 0.3) is 0 Å². The summed E-state index contributed by atoms with van der Waals surface area (Å²) in [7, 11) is 2.03. The van der Waals surface area contributed by atoms with Crippen molar-refractivity contribution >= 4 is 21.6 Å². The fourth-order valence-corrected chi connectivity index (χ4v) is 2.84. The lowest BCUT2D eigenvalue weighted by molar-refractivity contribution is 0.371. The van der Waals surface area contributed by atoms with Crippen LogP contribution < -0.4 is 10.6 Å². The molecule has 0 spiro atoms. The summed E-state index contributed by atoms with van der Waals surface area (Å²) in [6.07, 6.45) is 4.71. The lowest BCUT2D eigenvalue weighted by atomic mass is 9.91. The molecular formula is C14H18BrN3. The Labute approximate surface area is 117 Å². The maximum atomic E-state index is 9.10. The molecule has 4 heteroatoms. The Kier molecular flexibility index (Phi) is 4.62. The molecule has 1 saturated carbocycles. The van der Waals surface area contributed by atoms with Gasteiger partial charge in [-0.25, -0.2) is 0 Å². The number of nitriles is 1. The van der Waals surface area contributed by atoms with E-state index in [1.807, 2.05) is 25.2 Å². The van der Waals surface area contributed by atoms with Crippen molar-refractivity contribution in [2.75, 3.05) is 12.4 Å². The number of halogens is 1. The zero-order valence-corrected chi connectivity index (χ0v) is 12.1. The van der Waals surface area contributed by atoms with Crippen molar-refractivity contribution in [1.82, 2.24) is 5.32 Å². The van der Waals surface area contributed by atoms with Crippen LogP contribution in [0.5, 0.6) is 0 Å². The highest BCUT2D eigenvalue weighted by molar-refractivity contribution is 9.10. The van der Waals surface area contributed by atoms with Crippen LogP contribution >= 0.6 is 15.9 Å². The molecule has 96 valence electrons. The van der Waals surface area contributed by atoms with E-state index in [1.165, 1.54) is 12.8 Å². The first-order chi connectivity index (χ1) is 8.72. The van der Waals surface area contributed by atoms with Gasteiger partial charge in [-0.1, -0.05) is 15.9 Å². The van der Waals surface area contributed by atoms with Crippen LogP contribution in [-0.2, 0) is 0 Å². The van der Waals surface area contributed by atoms with Crippen LogP contribution in [-0.4, -0.2) is 19.1 Å². The fraction of sp³-hybridized carbons (Fsp3) is 0.500. The molecule has 3 nitrogen and oxygen atoms in total. The molecule has 1 fully saturated rings. The van der Waals surface area contributed by atoms with Crippen LogP contribution in [0.4, 0.5) is 5.69 Å². The summed E-state index contributed by atoms with van der Waals surface area (Å²) < 4.78 is 1.01. The van der Waals surface area contributed by atoms with Gasteiger partial charge in [0.25, 0.3) is 0 Å². The average Bonchev–Trinajstić information content (AvgIpc) is 2.40. The highest BCUT2D eigenvalue weighted by atomic mass is 79.9. The molecule has 2 rings (SSSR count). The first-order valence-electron chi connectivity index (χ1n) is 6.36. The summed E-state index contributed by atoms with van der Waals surface area (Å²) in [6.45, 7) is 0. The summed E-state index contributed by atoms with van der Waals surface area (Å²) in [5.41, 5.74) is 1.66. The van der Waals surface area contributed by atoms with Gasteiger partial charge in [-0.3, -0.25) is 0 Å². The smallest absolute Gasteiger partial charge is 0.101 e. The SMILES string of the molecule is CNC1CCC(Nc2cc(Br)ccc2C#N)CC1. The normalized spacial score (nSPS) is 23.4. The van der Waals surface area contributed by atoms with Crippen LogP contribution in [0.2, 0.25) is 0 Å². The minimum atomic E-state index is 0.482. The molecule has 0 unspecified atom stereocenters. The van der Waals surface area contributed by atoms with E-state index in [2.05, 4.69) is 32.6 Å². The van der Waals surface area contributed by atoms with E-state index in [1.54, 1.807) is 0 Å². The minimum Gasteiger partial charge on any atom is -0.381 e. The van der Waals surface area contributed by atoms with E-state index in [4.69, 9.17) is 5.26 Å². The number of benzene rings is 1. The minimum absolute atomic E-state index is 0.482. The van der Waals surface area contributed by atoms with Crippen molar-refractivity contribution in [3.8, 4) is 6.07 Å². The third-order valence-electron chi connectivity index (χ3n) is 3.60. The van der Waals surface area contributed by atoms with E-state index in [9.17, 15) is 0 Å². The van der Waals surface area contributed by atoms with Gasteiger partial charge < -0.3 is 10.6 Å². The predicted molar refractivity (Wildman–Crippen MR) is 77.6 cm³/mol. The molecule has 0 amide bonds. The Morgan fingerprint density at radius 2 is 1.89 bits per heavy atom. The van der Waals surface area contributed by atoms with Crippen molar-refractivity contribution in [3.05, 3.63) is 28.2 Å². The molecule has 0 saturated heterocycles. The fourth-order valence-electron chi connectivity index (χ4n) is 2.48. The third-order valence-corrected chi connectivity index (χ3v) is 4.09. The van der Waals surface area contributed by atoms with E-state index in [0.717, 1.165) is 23.0 Å². The van der Waals surface area contributed by atoms with Crippen molar-refractivity contribution < 1.29 is 0 Å². The summed E-state index contributed by atoms with van der Waals surface area (Å²) in [5, 5.41) is 15.9. The van der Waals surface area contributed by atoms with Gasteiger partial charge >= 0.3 is 0 Å². The van der Waals surface area contributed by atoms with Crippen LogP contribution in [0, 0.1) is 11.3 Å². The Morgan fingerprint density at radius 3 is 2.50 bits per heavy atom. The van der Waals surface area contributed by atoms with Gasteiger partial charge in [0.05, 0.1) is 11.3 Å². The summed E-state index contributed by atoms with van der Waals surface area (Å²) >= 11 is 3.45. The van der Waals surface area contributed by atoms with Crippen molar-refractivity contribution in [2.24, 2.45) is 0 Å². The van der Waals surface area contributed by atoms with Gasteiger partial charge in [-0.05, 0) is 50.9 Å². The molecule has 18 heavy (non-hydrogen) atoms. The number of rotatable bonds is 3. The molecule has 1 aromatic carbocycles. The van der Waals surface area contributed by atoms with Gasteiger partial charge in [0, 0.05) is 16.6 Å². The Bertz CT molecular complexity index is 445. The van der Waals surface area contributed by atoms with Crippen molar-refractivity contribution in [3.63, 3.8) is 0 Å². The predicted octanol–water partition coefficient (Wildman–Crippen LogP) is 3.26. The van der Waals surface area contributed by atoms with Gasteiger partial charge in [-0.15, -0.1) is 0 Å². The second-order valence-corrected chi connectivity index (χ2v) is 5.70.